The molecule has 0 amide bonds. The topological polar surface area (TPSA) is 58.0 Å². The highest BCUT2D eigenvalue weighted by Crippen LogP contribution is 2.40. The second kappa shape index (κ2) is 12.9. The molecule has 0 bridgehead atoms. The van der Waals surface area contributed by atoms with Gasteiger partial charge in [0.1, 0.15) is 0 Å². The number of rotatable bonds is 7. The van der Waals surface area contributed by atoms with Gasteiger partial charge in [-0.3, -0.25) is 9.80 Å². The minimum atomic E-state index is 0.651. The summed E-state index contributed by atoms with van der Waals surface area (Å²) in [6.45, 7) is 8.06. The molecular weight excluding hydrogens is 613 g/mol. The normalized spacial score (nSPS) is 11.2. The molecular formula is C44H36N6. The molecule has 2 heterocycles. The van der Waals surface area contributed by atoms with Gasteiger partial charge in [-0.1, -0.05) is 97.1 Å². The van der Waals surface area contributed by atoms with Crippen LogP contribution in [0.3, 0.4) is 0 Å². The Kier molecular flexibility index (Phi) is 7.97. The molecule has 0 spiro atoms. The molecule has 0 saturated carbocycles. The van der Waals surface area contributed by atoms with E-state index >= 15 is 0 Å². The van der Waals surface area contributed by atoms with Gasteiger partial charge >= 0.3 is 0 Å². The molecule has 0 saturated heterocycles. The highest BCUT2D eigenvalue weighted by atomic mass is 15.3. The van der Waals surface area contributed by atoms with Gasteiger partial charge in [0.15, 0.2) is 0 Å². The first kappa shape index (κ1) is 30.9. The maximum absolute atomic E-state index is 4.88. The van der Waals surface area contributed by atoms with E-state index in [0.717, 1.165) is 67.4 Å². The van der Waals surface area contributed by atoms with Crippen LogP contribution in [0.2, 0.25) is 0 Å². The van der Waals surface area contributed by atoms with Crippen LogP contribution in [0, 0.1) is 27.7 Å². The van der Waals surface area contributed by atoms with Crippen molar-refractivity contribution in [2.45, 2.75) is 27.7 Å². The van der Waals surface area contributed by atoms with E-state index in [9.17, 15) is 0 Å². The van der Waals surface area contributed by atoms with Gasteiger partial charge in [0, 0.05) is 44.9 Å². The summed E-state index contributed by atoms with van der Waals surface area (Å²) in [5.41, 5.74) is 9.98. The van der Waals surface area contributed by atoms with E-state index in [4.69, 9.17) is 19.9 Å². The quantitative estimate of drug-likeness (QED) is 0.171. The molecule has 0 aliphatic heterocycles. The molecule has 0 fully saturated rings. The van der Waals surface area contributed by atoms with Crippen molar-refractivity contribution in [1.29, 1.82) is 0 Å². The summed E-state index contributed by atoms with van der Waals surface area (Å²) in [5.74, 6) is 1.30. The van der Waals surface area contributed by atoms with E-state index in [2.05, 4.69) is 143 Å². The zero-order chi connectivity index (χ0) is 34.2. The third kappa shape index (κ3) is 5.92. The molecule has 0 aliphatic carbocycles. The highest BCUT2D eigenvalue weighted by molar-refractivity contribution is 5.99. The zero-order valence-electron chi connectivity index (χ0n) is 28.5. The monoisotopic (exact) mass is 648 g/mol. The molecule has 0 unspecified atom stereocenters. The lowest BCUT2D eigenvalue weighted by Crippen LogP contribution is -2.15. The SMILES string of the molecule is Cc1cc(C)nc(N(c2ccc(-c3ccc(N(c4nc(C)cc(C)n4)c4cccc5ccccc45)cc3)cc2)c2cccc3ccccc23)n1. The molecule has 0 atom stereocenters. The summed E-state index contributed by atoms with van der Waals surface area (Å²) in [5, 5.41) is 4.61. The van der Waals surface area contributed by atoms with Crippen molar-refractivity contribution in [3.05, 3.63) is 168 Å². The van der Waals surface area contributed by atoms with E-state index in [1.54, 1.807) is 0 Å². The molecule has 6 nitrogen and oxygen atoms in total. The standard InChI is InChI=1S/C44H36N6/c1-29-27-30(2)46-43(45-29)49(41-17-9-13-35-11-5-7-15-39(35)41)37-23-19-33(20-24-37)34-21-25-38(26-22-34)50(44-47-31(3)28-32(4)48-44)42-18-10-14-36-12-6-8-16-40(36)42/h5-28H,1-4H3. The molecule has 8 rings (SSSR count). The van der Waals surface area contributed by atoms with E-state index in [-0.39, 0.29) is 0 Å². The average Bonchev–Trinajstić information content (AvgIpc) is 3.12. The fourth-order valence-electron chi connectivity index (χ4n) is 6.75. The lowest BCUT2D eigenvalue weighted by molar-refractivity contribution is 1.01. The summed E-state index contributed by atoms with van der Waals surface area (Å²) >= 11 is 0. The molecule has 2 aromatic heterocycles. The summed E-state index contributed by atoms with van der Waals surface area (Å²) in [6.07, 6.45) is 0. The van der Waals surface area contributed by atoms with Gasteiger partial charge in [0.2, 0.25) is 11.9 Å². The minimum absolute atomic E-state index is 0.651. The Morgan fingerprint density at radius 1 is 0.360 bits per heavy atom. The van der Waals surface area contributed by atoms with Gasteiger partial charge in [-0.05, 0) is 98.1 Å². The van der Waals surface area contributed by atoms with Gasteiger partial charge in [0.05, 0.1) is 11.4 Å². The lowest BCUT2D eigenvalue weighted by Gasteiger charge is -2.26. The van der Waals surface area contributed by atoms with Crippen molar-refractivity contribution in [3.8, 4) is 11.1 Å². The number of nitrogens with zero attached hydrogens (tertiary/aromatic N) is 6. The Morgan fingerprint density at radius 2 is 0.700 bits per heavy atom. The number of fused-ring (bicyclic) bond motifs is 2. The van der Waals surface area contributed by atoms with Crippen LogP contribution in [0.4, 0.5) is 34.6 Å². The molecule has 6 heteroatoms. The minimum Gasteiger partial charge on any atom is -0.279 e. The maximum Gasteiger partial charge on any atom is 0.235 e. The highest BCUT2D eigenvalue weighted by Gasteiger charge is 2.20. The van der Waals surface area contributed by atoms with Crippen molar-refractivity contribution in [2.24, 2.45) is 0 Å². The predicted molar refractivity (Wildman–Crippen MR) is 206 cm³/mol. The van der Waals surface area contributed by atoms with Crippen molar-refractivity contribution >= 4 is 56.2 Å². The molecule has 242 valence electrons. The van der Waals surface area contributed by atoms with Gasteiger partial charge in [-0.2, -0.15) is 0 Å². The van der Waals surface area contributed by atoms with Gasteiger partial charge in [0.25, 0.3) is 0 Å². The van der Waals surface area contributed by atoms with E-state index in [0.29, 0.717) is 11.9 Å². The fourth-order valence-corrected chi connectivity index (χ4v) is 6.75. The molecule has 6 aromatic carbocycles. The van der Waals surface area contributed by atoms with Crippen LogP contribution < -0.4 is 9.80 Å². The number of anilines is 6. The van der Waals surface area contributed by atoms with E-state index in [1.165, 1.54) is 10.8 Å². The predicted octanol–water partition coefficient (Wildman–Crippen LogP) is 11.4. The Labute approximate surface area is 292 Å². The summed E-state index contributed by atoms with van der Waals surface area (Å²) in [6, 6.07) is 50.9. The van der Waals surface area contributed by atoms with E-state index < -0.39 is 0 Å². The first-order valence-corrected chi connectivity index (χ1v) is 16.8. The largest absolute Gasteiger partial charge is 0.279 e. The molecule has 8 aromatic rings. The van der Waals surface area contributed by atoms with Crippen LogP contribution in [0.15, 0.2) is 146 Å². The van der Waals surface area contributed by atoms with Crippen LogP contribution >= 0.6 is 0 Å². The fraction of sp³-hybridized carbons (Fsp3) is 0.0909. The van der Waals surface area contributed by atoms with Crippen LogP contribution in [0.5, 0.6) is 0 Å². The van der Waals surface area contributed by atoms with Crippen molar-refractivity contribution in [2.75, 3.05) is 9.80 Å². The van der Waals surface area contributed by atoms with Crippen LogP contribution in [0.1, 0.15) is 22.8 Å². The number of hydrogen-bond acceptors (Lipinski definition) is 6. The van der Waals surface area contributed by atoms with Crippen LogP contribution in [0.25, 0.3) is 32.7 Å². The lowest BCUT2D eigenvalue weighted by atomic mass is 10.0. The summed E-state index contributed by atoms with van der Waals surface area (Å²) < 4.78 is 0. The average molecular weight is 649 g/mol. The first-order valence-electron chi connectivity index (χ1n) is 16.8. The van der Waals surface area contributed by atoms with Gasteiger partial charge in [-0.15, -0.1) is 0 Å². The molecule has 0 N–H and O–H groups in total. The van der Waals surface area contributed by atoms with Crippen molar-refractivity contribution in [1.82, 2.24) is 19.9 Å². The second-order valence-corrected chi connectivity index (χ2v) is 12.7. The van der Waals surface area contributed by atoms with Gasteiger partial charge in [-0.25, -0.2) is 19.9 Å². The Hall–Kier alpha value is -6.40. The number of benzene rings is 6. The zero-order valence-corrected chi connectivity index (χ0v) is 28.5. The number of aryl methyl sites for hydroxylation is 4. The molecule has 0 aliphatic rings. The number of aromatic nitrogens is 4. The maximum atomic E-state index is 4.88. The van der Waals surface area contributed by atoms with Crippen molar-refractivity contribution in [3.63, 3.8) is 0 Å². The van der Waals surface area contributed by atoms with E-state index in [1.807, 2.05) is 39.8 Å². The first-order chi connectivity index (χ1) is 24.4. The Bertz CT molecular complexity index is 2260. The smallest absolute Gasteiger partial charge is 0.235 e. The summed E-state index contributed by atoms with van der Waals surface area (Å²) in [7, 11) is 0. The molecule has 50 heavy (non-hydrogen) atoms. The summed E-state index contributed by atoms with van der Waals surface area (Å²) in [4.78, 5) is 23.8. The Balaban J connectivity index is 1.18. The second-order valence-electron chi connectivity index (χ2n) is 12.7. The third-order valence-electron chi connectivity index (χ3n) is 8.94. The number of hydrogen-bond donors (Lipinski definition) is 0. The van der Waals surface area contributed by atoms with Crippen LogP contribution in [-0.4, -0.2) is 19.9 Å². The van der Waals surface area contributed by atoms with Gasteiger partial charge < -0.3 is 0 Å². The van der Waals surface area contributed by atoms with Crippen LogP contribution in [-0.2, 0) is 0 Å². The molecule has 0 radical (unpaired) electrons. The Morgan fingerprint density at radius 3 is 1.08 bits per heavy atom. The van der Waals surface area contributed by atoms with Crippen molar-refractivity contribution < 1.29 is 0 Å². The third-order valence-corrected chi connectivity index (χ3v) is 8.94.